The molecule has 2 unspecified atom stereocenters. The molecule has 0 aromatic heterocycles. The minimum absolute atomic E-state index is 0.486. The predicted molar refractivity (Wildman–Crippen MR) is 69.4 cm³/mol. The van der Waals surface area contributed by atoms with Crippen LogP contribution in [0.4, 0.5) is 0 Å². The van der Waals surface area contributed by atoms with E-state index in [4.69, 9.17) is 12.2 Å². The second-order valence-electron chi connectivity index (χ2n) is 4.74. The van der Waals surface area contributed by atoms with Gasteiger partial charge in [-0.3, -0.25) is 0 Å². The normalized spacial score (nSPS) is 28.1. The van der Waals surface area contributed by atoms with Gasteiger partial charge in [-0.25, -0.2) is 0 Å². The second kappa shape index (κ2) is 3.74. The molecule has 2 aliphatic rings. The number of rotatable bonds is 0. The Bertz CT molecular complexity index is 430. The lowest BCUT2D eigenvalue weighted by Gasteiger charge is -2.44. The third-order valence-corrected chi connectivity index (χ3v) is 3.97. The second-order valence-corrected chi connectivity index (χ2v) is 5.13. The molecule has 1 N–H and O–H groups in total. The van der Waals surface area contributed by atoms with Crippen LogP contribution in [0, 0.1) is 0 Å². The summed E-state index contributed by atoms with van der Waals surface area (Å²) in [7, 11) is 0. The Morgan fingerprint density at radius 1 is 1.38 bits per heavy atom. The van der Waals surface area contributed by atoms with Crippen molar-refractivity contribution in [2.45, 2.75) is 31.8 Å². The highest BCUT2D eigenvalue weighted by Gasteiger charge is 2.33. The van der Waals surface area contributed by atoms with Crippen molar-refractivity contribution in [3.63, 3.8) is 0 Å². The minimum Gasteiger partial charge on any atom is -0.360 e. The zero-order chi connectivity index (χ0) is 11.1. The van der Waals surface area contributed by atoms with Gasteiger partial charge in [0.25, 0.3) is 0 Å². The summed E-state index contributed by atoms with van der Waals surface area (Å²) in [5, 5.41) is 4.30. The molecule has 0 radical (unpaired) electrons. The van der Waals surface area contributed by atoms with E-state index >= 15 is 0 Å². The number of nitrogens with zero attached hydrogens (tertiary/aromatic N) is 1. The Morgan fingerprint density at radius 3 is 3.06 bits per heavy atom. The van der Waals surface area contributed by atoms with Crippen LogP contribution in [0.15, 0.2) is 24.3 Å². The van der Waals surface area contributed by atoms with E-state index in [0.29, 0.717) is 12.1 Å². The van der Waals surface area contributed by atoms with Crippen molar-refractivity contribution in [1.82, 2.24) is 10.2 Å². The summed E-state index contributed by atoms with van der Waals surface area (Å²) >= 11 is 5.42. The largest absolute Gasteiger partial charge is 0.360 e. The molecule has 2 heterocycles. The maximum absolute atomic E-state index is 5.42. The molecule has 1 saturated heterocycles. The lowest BCUT2D eigenvalue weighted by molar-refractivity contribution is 0.234. The van der Waals surface area contributed by atoms with E-state index in [1.807, 2.05) is 0 Å². The van der Waals surface area contributed by atoms with Crippen LogP contribution in [0.1, 0.15) is 30.5 Å². The average molecular weight is 232 g/mol. The van der Waals surface area contributed by atoms with E-state index in [2.05, 4.69) is 41.4 Å². The molecule has 2 atom stereocenters. The van der Waals surface area contributed by atoms with Crippen molar-refractivity contribution >= 4 is 17.3 Å². The molecule has 2 nitrogen and oxygen atoms in total. The number of hydrogen-bond acceptors (Lipinski definition) is 1. The molecule has 0 aliphatic carbocycles. The maximum atomic E-state index is 5.42. The Hall–Kier alpha value is -1.09. The Kier molecular flexibility index (Phi) is 2.36. The lowest BCUT2D eigenvalue weighted by atomic mass is 9.88. The van der Waals surface area contributed by atoms with Gasteiger partial charge in [0.15, 0.2) is 5.11 Å². The quantitative estimate of drug-likeness (QED) is 0.691. The van der Waals surface area contributed by atoms with E-state index in [1.165, 1.54) is 11.1 Å². The Morgan fingerprint density at radius 2 is 2.19 bits per heavy atom. The number of thiocarbonyl (C=S) groups is 1. The molecule has 3 rings (SSSR count). The van der Waals surface area contributed by atoms with Crippen LogP contribution < -0.4 is 5.32 Å². The van der Waals surface area contributed by atoms with Crippen molar-refractivity contribution in [3.05, 3.63) is 35.4 Å². The minimum atomic E-state index is 0.486. The maximum Gasteiger partial charge on any atom is 0.169 e. The zero-order valence-electron chi connectivity index (χ0n) is 9.44. The van der Waals surface area contributed by atoms with Gasteiger partial charge >= 0.3 is 0 Å². The van der Waals surface area contributed by atoms with E-state index in [9.17, 15) is 0 Å². The molecule has 0 bridgehead atoms. The molecule has 3 heteroatoms. The van der Waals surface area contributed by atoms with Gasteiger partial charge in [0.1, 0.15) is 0 Å². The van der Waals surface area contributed by atoms with Gasteiger partial charge < -0.3 is 10.2 Å². The van der Waals surface area contributed by atoms with Crippen LogP contribution >= 0.6 is 12.2 Å². The molecular formula is C13H16N2S. The monoisotopic (exact) mass is 232 g/mol. The summed E-state index contributed by atoms with van der Waals surface area (Å²) < 4.78 is 0. The fourth-order valence-electron chi connectivity index (χ4n) is 2.84. The molecule has 0 saturated carbocycles. The molecule has 0 amide bonds. The number of fused-ring (bicyclic) bond motifs is 3. The smallest absolute Gasteiger partial charge is 0.169 e. The fourth-order valence-corrected chi connectivity index (χ4v) is 3.26. The Balaban J connectivity index is 2.01. The summed E-state index contributed by atoms with van der Waals surface area (Å²) in [6, 6.07) is 9.76. The van der Waals surface area contributed by atoms with Gasteiger partial charge in [-0.05, 0) is 43.1 Å². The lowest BCUT2D eigenvalue weighted by Crippen LogP contribution is -2.54. The van der Waals surface area contributed by atoms with Crippen molar-refractivity contribution < 1.29 is 0 Å². The number of nitrogens with one attached hydrogen (secondary N) is 1. The van der Waals surface area contributed by atoms with Gasteiger partial charge in [-0.15, -0.1) is 0 Å². The van der Waals surface area contributed by atoms with Crippen molar-refractivity contribution in [2.75, 3.05) is 6.54 Å². The molecule has 16 heavy (non-hydrogen) atoms. The first-order chi connectivity index (χ1) is 7.75. The molecule has 0 spiro atoms. The standard InChI is InChI=1S/C13H16N2S/c1-9-8-12-11-5-3-2-4-10(11)6-7-15(12)13(16)14-9/h2-5,9,12H,6-8H2,1H3,(H,14,16). The third kappa shape index (κ3) is 1.50. The topological polar surface area (TPSA) is 15.3 Å². The van der Waals surface area contributed by atoms with E-state index < -0.39 is 0 Å². The number of hydrogen-bond donors (Lipinski definition) is 1. The first-order valence-electron chi connectivity index (χ1n) is 5.90. The van der Waals surface area contributed by atoms with Gasteiger partial charge in [-0.2, -0.15) is 0 Å². The number of benzene rings is 1. The van der Waals surface area contributed by atoms with Crippen LogP contribution in [0.25, 0.3) is 0 Å². The summed E-state index contributed by atoms with van der Waals surface area (Å²) in [4.78, 5) is 2.34. The highest BCUT2D eigenvalue weighted by molar-refractivity contribution is 7.80. The summed E-state index contributed by atoms with van der Waals surface area (Å²) in [5.41, 5.74) is 2.98. The van der Waals surface area contributed by atoms with Crippen molar-refractivity contribution in [3.8, 4) is 0 Å². The van der Waals surface area contributed by atoms with Gasteiger partial charge in [0, 0.05) is 12.6 Å². The van der Waals surface area contributed by atoms with Crippen LogP contribution in [0.3, 0.4) is 0 Å². The van der Waals surface area contributed by atoms with Crippen molar-refractivity contribution in [1.29, 1.82) is 0 Å². The van der Waals surface area contributed by atoms with Crippen LogP contribution in [-0.4, -0.2) is 22.6 Å². The van der Waals surface area contributed by atoms with Gasteiger partial charge in [-0.1, -0.05) is 24.3 Å². The highest BCUT2D eigenvalue weighted by Crippen LogP contribution is 2.35. The molecule has 1 aromatic rings. The molecule has 1 aromatic carbocycles. The summed E-state index contributed by atoms with van der Waals surface area (Å²) in [6.45, 7) is 3.26. The van der Waals surface area contributed by atoms with Crippen molar-refractivity contribution in [2.24, 2.45) is 0 Å². The predicted octanol–water partition coefficient (Wildman–Crippen LogP) is 2.25. The summed E-state index contributed by atoms with van der Waals surface area (Å²) in [5.74, 6) is 0. The molecule has 2 aliphatic heterocycles. The van der Waals surface area contributed by atoms with E-state index in [-0.39, 0.29) is 0 Å². The molecule has 84 valence electrons. The summed E-state index contributed by atoms with van der Waals surface area (Å²) in [6.07, 6.45) is 2.26. The van der Waals surface area contributed by atoms with Crippen LogP contribution in [0.2, 0.25) is 0 Å². The Labute approximate surface area is 102 Å². The zero-order valence-corrected chi connectivity index (χ0v) is 10.3. The highest BCUT2D eigenvalue weighted by atomic mass is 32.1. The van der Waals surface area contributed by atoms with E-state index in [1.54, 1.807) is 0 Å². The van der Waals surface area contributed by atoms with Crippen LogP contribution in [-0.2, 0) is 6.42 Å². The van der Waals surface area contributed by atoms with Gasteiger partial charge in [0.05, 0.1) is 6.04 Å². The molecule has 1 fully saturated rings. The first-order valence-corrected chi connectivity index (χ1v) is 6.31. The van der Waals surface area contributed by atoms with E-state index in [0.717, 1.165) is 24.5 Å². The van der Waals surface area contributed by atoms with Crippen LogP contribution in [0.5, 0.6) is 0 Å². The third-order valence-electron chi connectivity index (χ3n) is 3.62. The average Bonchev–Trinajstić information content (AvgIpc) is 2.28. The molecular weight excluding hydrogens is 216 g/mol. The fraction of sp³-hybridized carbons (Fsp3) is 0.462. The van der Waals surface area contributed by atoms with Gasteiger partial charge in [0.2, 0.25) is 0 Å². The first kappa shape index (κ1) is 10.1. The SMILES string of the molecule is CC1CC2c3ccccc3CCN2C(=S)N1.